The van der Waals surface area contributed by atoms with Crippen molar-refractivity contribution in [2.45, 2.75) is 25.9 Å². The van der Waals surface area contributed by atoms with Crippen LogP contribution in [0.15, 0.2) is 79.0 Å². The highest BCUT2D eigenvalue weighted by Crippen LogP contribution is 2.25. The first kappa shape index (κ1) is 23.8. The molecule has 33 heavy (non-hydrogen) atoms. The second-order valence-electron chi connectivity index (χ2n) is 8.09. The highest BCUT2D eigenvalue weighted by molar-refractivity contribution is 6.35. The SMILES string of the molecule is Clc1ccc(CN(CCCCNc2ccnc3cc(Cl)ccc23)Cc2ccccc2)c(Cl)c1. The number of aromatic nitrogens is 1. The van der Waals surface area contributed by atoms with Gasteiger partial charge in [-0.05, 0) is 66.9 Å². The van der Waals surface area contributed by atoms with E-state index in [0.29, 0.717) is 15.1 Å². The lowest BCUT2D eigenvalue weighted by Crippen LogP contribution is -2.24. The molecule has 0 fully saturated rings. The van der Waals surface area contributed by atoms with Crippen molar-refractivity contribution >= 4 is 51.4 Å². The minimum absolute atomic E-state index is 0.662. The van der Waals surface area contributed by atoms with E-state index in [0.717, 1.165) is 61.2 Å². The summed E-state index contributed by atoms with van der Waals surface area (Å²) in [6.45, 7) is 3.53. The van der Waals surface area contributed by atoms with Gasteiger partial charge in [0.25, 0.3) is 0 Å². The van der Waals surface area contributed by atoms with E-state index in [1.807, 2.05) is 54.7 Å². The van der Waals surface area contributed by atoms with Crippen LogP contribution in [0.3, 0.4) is 0 Å². The number of benzene rings is 3. The van der Waals surface area contributed by atoms with Crippen LogP contribution in [0.4, 0.5) is 5.69 Å². The molecule has 0 spiro atoms. The number of hydrogen-bond acceptors (Lipinski definition) is 3. The van der Waals surface area contributed by atoms with Crippen molar-refractivity contribution in [3.05, 3.63) is 105 Å². The van der Waals surface area contributed by atoms with Gasteiger partial charge in [0.2, 0.25) is 0 Å². The largest absolute Gasteiger partial charge is 0.384 e. The Hall–Kier alpha value is -2.30. The molecule has 0 saturated heterocycles. The van der Waals surface area contributed by atoms with Crippen LogP contribution < -0.4 is 5.32 Å². The number of anilines is 1. The molecule has 0 aliphatic carbocycles. The highest BCUT2D eigenvalue weighted by Gasteiger charge is 2.10. The minimum Gasteiger partial charge on any atom is -0.384 e. The van der Waals surface area contributed by atoms with Gasteiger partial charge >= 0.3 is 0 Å². The first-order valence-corrected chi connectivity index (χ1v) is 12.2. The molecule has 1 heterocycles. The Morgan fingerprint density at radius 2 is 1.58 bits per heavy atom. The number of nitrogens with zero attached hydrogens (tertiary/aromatic N) is 2. The first-order valence-electron chi connectivity index (χ1n) is 11.1. The molecule has 0 bridgehead atoms. The fourth-order valence-electron chi connectivity index (χ4n) is 3.91. The van der Waals surface area contributed by atoms with Crippen molar-refractivity contribution in [2.75, 3.05) is 18.4 Å². The molecule has 1 N–H and O–H groups in total. The van der Waals surface area contributed by atoms with Crippen molar-refractivity contribution in [1.82, 2.24) is 9.88 Å². The zero-order valence-electron chi connectivity index (χ0n) is 18.3. The molecule has 0 unspecified atom stereocenters. The average Bonchev–Trinajstić information content (AvgIpc) is 2.81. The average molecular weight is 499 g/mol. The highest BCUT2D eigenvalue weighted by atomic mass is 35.5. The number of hydrogen-bond donors (Lipinski definition) is 1. The van der Waals surface area contributed by atoms with Crippen LogP contribution in [-0.2, 0) is 13.1 Å². The second kappa shape index (κ2) is 11.7. The molecule has 0 saturated carbocycles. The number of pyridine rings is 1. The zero-order chi connectivity index (χ0) is 23.0. The van der Waals surface area contributed by atoms with Gasteiger partial charge in [0, 0.05) is 52.0 Å². The van der Waals surface area contributed by atoms with E-state index in [2.05, 4.69) is 39.5 Å². The van der Waals surface area contributed by atoms with Gasteiger partial charge in [-0.1, -0.05) is 71.2 Å². The maximum Gasteiger partial charge on any atom is 0.0737 e. The third kappa shape index (κ3) is 6.84. The molecule has 3 aromatic carbocycles. The Morgan fingerprint density at radius 3 is 2.39 bits per heavy atom. The molecule has 170 valence electrons. The van der Waals surface area contributed by atoms with Gasteiger partial charge in [0.1, 0.15) is 0 Å². The van der Waals surface area contributed by atoms with E-state index < -0.39 is 0 Å². The monoisotopic (exact) mass is 497 g/mol. The standard InChI is InChI=1S/C27H26Cl3N3/c28-22-9-8-21(25(30)16-22)19-33(18-20-6-2-1-3-7-20)15-5-4-13-31-26-12-14-32-27-17-23(29)10-11-24(26)27/h1-3,6-12,14,16-17H,4-5,13,15,18-19H2,(H,31,32). The lowest BCUT2D eigenvalue weighted by atomic mass is 10.1. The molecule has 0 radical (unpaired) electrons. The zero-order valence-corrected chi connectivity index (χ0v) is 20.5. The summed E-state index contributed by atoms with van der Waals surface area (Å²) in [5.41, 5.74) is 4.38. The van der Waals surface area contributed by atoms with Crippen LogP contribution in [0.1, 0.15) is 24.0 Å². The van der Waals surface area contributed by atoms with Crippen LogP contribution in [0.2, 0.25) is 15.1 Å². The van der Waals surface area contributed by atoms with Crippen LogP contribution >= 0.6 is 34.8 Å². The van der Waals surface area contributed by atoms with Gasteiger partial charge in [-0.3, -0.25) is 9.88 Å². The van der Waals surface area contributed by atoms with Gasteiger partial charge in [-0.2, -0.15) is 0 Å². The second-order valence-corrected chi connectivity index (χ2v) is 9.37. The van der Waals surface area contributed by atoms with Gasteiger partial charge in [-0.15, -0.1) is 0 Å². The molecule has 0 aliphatic rings. The van der Waals surface area contributed by atoms with E-state index in [1.54, 1.807) is 0 Å². The molecular formula is C27H26Cl3N3. The van der Waals surface area contributed by atoms with Gasteiger partial charge in [0.15, 0.2) is 0 Å². The number of halogens is 3. The van der Waals surface area contributed by atoms with E-state index in [-0.39, 0.29) is 0 Å². The smallest absolute Gasteiger partial charge is 0.0737 e. The minimum atomic E-state index is 0.662. The maximum atomic E-state index is 6.45. The van der Waals surface area contributed by atoms with Crippen molar-refractivity contribution in [1.29, 1.82) is 0 Å². The van der Waals surface area contributed by atoms with Crippen molar-refractivity contribution in [3.8, 4) is 0 Å². The van der Waals surface area contributed by atoms with E-state index in [4.69, 9.17) is 34.8 Å². The summed E-state index contributed by atoms with van der Waals surface area (Å²) >= 11 is 18.6. The van der Waals surface area contributed by atoms with Crippen LogP contribution in [-0.4, -0.2) is 23.0 Å². The van der Waals surface area contributed by atoms with E-state index >= 15 is 0 Å². The lowest BCUT2D eigenvalue weighted by molar-refractivity contribution is 0.252. The number of rotatable bonds is 10. The Bertz CT molecular complexity index is 1200. The molecule has 3 nitrogen and oxygen atoms in total. The van der Waals surface area contributed by atoms with Gasteiger partial charge in [-0.25, -0.2) is 0 Å². The third-order valence-electron chi connectivity index (χ3n) is 5.58. The Balaban J connectivity index is 1.34. The molecule has 0 aliphatic heterocycles. The van der Waals surface area contributed by atoms with Crippen molar-refractivity contribution in [2.24, 2.45) is 0 Å². The molecule has 1 aromatic heterocycles. The molecule has 0 atom stereocenters. The fourth-order valence-corrected chi connectivity index (χ4v) is 4.54. The lowest BCUT2D eigenvalue weighted by Gasteiger charge is -2.23. The molecule has 6 heteroatoms. The van der Waals surface area contributed by atoms with Crippen LogP contribution in [0, 0.1) is 0 Å². The van der Waals surface area contributed by atoms with Crippen molar-refractivity contribution < 1.29 is 0 Å². The quantitative estimate of drug-likeness (QED) is 0.224. The Kier molecular flexibility index (Phi) is 8.46. The van der Waals surface area contributed by atoms with E-state index in [9.17, 15) is 0 Å². The van der Waals surface area contributed by atoms with Crippen LogP contribution in [0.5, 0.6) is 0 Å². The molecule has 4 aromatic rings. The summed E-state index contributed by atoms with van der Waals surface area (Å²) in [4.78, 5) is 6.85. The normalized spacial score (nSPS) is 11.3. The van der Waals surface area contributed by atoms with Crippen molar-refractivity contribution in [3.63, 3.8) is 0 Å². The predicted octanol–water partition coefficient (Wildman–Crippen LogP) is 8.09. The fraction of sp³-hybridized carbons (Fsp3) is 0.222. The Morgan fingerprint density at radius 1 is 0.788 bits per heavy atom. The van der Waals surface area contributed by atoms with Gasteiger partial charge in [0.05, 0.1) is 5.52 Å². The summed E-state index contributed by atoms with van der Waals surface area (Å²) in [5.74, 6) is 0. The summed E-state index contributed by atoms with van der Waals surface area (Å²) < 4.78 is 0. The molecular weight excluding hydrogens is 473 g/mol. The molecule has 4 rings (SSSR count). The number of unbranched alkanes of at least 4 members (excludes halogenated alkanes) is 1. The predicted molar refractivity (Wildman–Crippen MR) is 141 cm³/mol. The van der Waals surface area contributed by atoms with Crippen LogP contribution in [0.25, 0.3) is 10.9 Å². The first-order chi connectivity index (χ1) is 16.1. The summed E-state index contributed by atoms with van der Waals surface area (Å²) in [5, 5.41) is 6.72. The Labute approximate surface area is 210 Å². The topological polar surface area (TPSA) is 28.2 Å². The summed E-state index contributed by atoms with van der Waals surface area (Å²) in [6, 6.07) is 24.1. The third-order valence-corrected chi connectivity index (χ3v) is 6.40. The number of fused-ring (bicyclic) bond motifs is 1. The summed E-state index contributed by atoms with van der Waals surface area (Å²) in [6.07, 6.45) is 3.94. The number of nitrogens with one attached hydrogen (secondary N) is 1. The molecule has 0 amide bonds. The van der Waals surface area contributed by atoms with E-state index in [1.165, 1.54) is 5.56 Å². The van der Waals surface area contributed by atoms with Gasteiger partial charge < -0.3 is 5.32 Å². The maximum absolute atomic E-state index is 6.45. The summed E-state index contributed by atoms with van der Waals surface area (Å²) in [7, 11) is 0.